The zero-order chi connectivity index (χ0) is 13.7. The SMILES string of the molecule is CCCCC(C)c1cc(N[SH](=O)=O)cc(Cl)c1O. The molecule has 0 saturated heterocycles. The van der Waals surface area contributed by atoms with Crippen LogP contribution in [0.3, 0.4) is 0 Å². The lowest BCUT2D eigenvalue weighted by molar-refractivity contribution is 0.459. The fourth-order valence-electron chi connectivity index (χ4n) is 1.83. The third-order valence-electron chi connectivity index (χ3n) is 2.83. The first-order valence-electron chi connectivity index (χ1n) is 5.89. The molecule has 0 amide bonds. The summed E-state index contributed by atoms with van der Waals surface area (Å²) < 4.78 is 23.6. The first kappa shape index (κ1) is 15.1. The quantitative estimate of drug-likeness (QED) is 0.556. The summed E-state index contributed by atoms with van der Waals surface area (Å²) in [6.45, 7) is 4.08. The van der Waals surface area contributed by atoms with Crippen molar-refractivity contribution in [3.05, 3.63) is 22.7 Å². The minimum atomic E-state index is -2.73. The molecule has 1 atom stereocenters. The number of phenolic OH excluding ortho intramolecular Hbond substituents is 1. The molecule has 0 aliphatic carbocycles. The molecule has 6 heteroatoms. The largest absolute Gasteiger partial charge is 0.506 e. The molecule has 18 heavy (non-hydrogen) atoms. The molecule has 0 saturated carbocycles. The Labute approximate surface area is 114 Å². The van der Waals surface area contributed by atoms with E-state index in [0.29, 0.717) is 11.3 Å². The van der Waals surface area contributed by atoms with E-state index in [-0.39, 0.29) is 16.7 Å². The van der Waals surface area contributed by atoms with E-state index in [1.807, 2.05) is 6.92 Å². The van der Waals surface area contributed by atoms with Gasteiger partial charge in [-0.05, 0) is 24.5 Å². The molecule has 1 aromatic rings. The van der Waals surface area contributed by atoms with Gasteiger partial charge in [0.25, 0.3) is 0 Å². The lowest BCUT2D eigenvalue weighted by Gasteiger charge is -2.15. The second kappa shape index (κ2) is 6.85. The lowest BCUT2D eigenvalue weighted by atomic mass is 9.94. The maximum atomic E-state index is 10.6. The van der Waals surface area contributed by atoms with Crippen molar-refractivity contribution >= 4 is 28.2 Å². The normalized spacial score (nSPS) is 12.7. The van der Waals surface area contributed by atoms with Crippen LogP contribution in [0.15, 0.2) is 12.1 Å². The zero-order valence-electron chi connectivity index (χ0n) is 10.4. The Bertz CT molecular complexity index is 480. The number of unbranched alkanes of at least 4 members (excludes halogenated alkanes) is 1. The number of thiol groups is 1. The van der Waals surface area contributed by atoms with Crippen LogP contribution >= 0.6 is 11.6 Å². The zero-order valence-corrected chi connectivity index (χ0v) is 12.1. The van der Waals surface area contributed by atoms with Gasteiger partial charge in [0.05, 0.1) is 10.7 Å². The number of halogens is 1. The van der Waals surface area contributed by atoms with Gasteiger partial charge in [-0.15, -0.1) is 0 Å². The van der Waals surface area contributed by atoms with Gasteiger partial charge in [-0.1, -0.05) is 38.3 Å². The lowest BCUT2D eigenvalue weighted by Crippen LogP contribution is -1.99. The summed E-state index contributed by atoms with van der Waals surface area (Å²) in [5, 5.41) is 10.1. The Morgan fingerprint density at radius 3 is 2.67 bits per heavy atom. The van der Waals surface area contributed by atoms with E-state index in [0.717, 1.165) is 19.3 Å². The molecule has 0 bridgehead atoms. The molecule has 0 aliphatic rings. The van der Waals surface area contributed by atoms with Crippen molar-refractivity contribution in [3.8, 4) is 5.75 Å². The van der Waals surface area contributed by atoms with Crippen molar-refractivity contribution in [3.63, 3.8) is 0 Å². The minimum absolute atomic E-state index is 0.0342. The highest BCUT2D eigenvalue weighted by molar-refractivity contribution is 7.73. The third-order valence-corrected chi connectivity index (χ3v) is 3.56. The van der Waals surface area contributed by atoms with Crippen LogP contribution in [0.4, 0.5) is 5.69 Å². The smallest absolute Gasteiger partial charge is 0.222 e. The number of aromatic hydroxyl groups is 1. The van der Waals surface area contributed by atoms with Gasteiger partial charge in [0, 0.05) is 5.56 Å². The third kappa shape index (κ3) is 4.07. The van der Waals surface area contributed by atoms with Crippen LogP contribution in [-0.2, 0) is 10.9 Å². The molecule has 0 heterocycles. The van der Waals surface area contributed by atoms with E-state index in [9.17, 15) is 13.5 Å². The fourth-order valence-corrected chi connectivity index (χ4v) is 2.40. The predicted octanol–water partition coefficient (Wildman–Crippen LogP) is 3.28. The maximum Gasteiger partial charge on any atom is 0.222 e. The van der Waals surface area contributed by atoms with Crippen LogP contribution in [0, 0.1) is 0 Å². The Morgan fingerprint density at radius 1 is 1.44 bits per heavy atom. The van der Waals surface area contributed by atoms with Gasteiger partial charge in [0.1, 0.15) is 5.75 Å². The van der Waals surface area contributed by atoms with E-state index in [1.165, 1.54) is 6.07 Å². The van der Waals surface area contributed by atoms with Gasteiger partial charge in [0.15, 0.2) is 0 Å². The second-order valence-electron chi connectivity index (χ2n) is 4.31. The van der Waals surface area contributed by atoms with Crippen LogP contribution in [-0.4, -0.2) is 13.5 Å². The second-order valence-corrected chi connectivity index (χ2v) is 5.45. The molecule has 1 unspecified atom stereocenters. The number of phenols is 1. The van der Waals surface area contributed by atoms with Crippen molar-refractivity contribution in [2.45, 2.75) is 39.0 Å². The highest BCUT2D eigenvalue weighted by atomic mass is 35.5. The van der Waals surface area contributed by atoms with Crippen molar-refractivity contribution < 1.29 is 13.5 Å². The molecule has 0 aliphatic heterocycles. The van der Waals surface area contributed by atoms with Gasteiger partial charge >= 0.3 is 0 Å². The molecule has 0 radical (unpaired) electrons. The van der Waals surface area contributed by atoms with Crippen LogP contribution in [0.25, 0.3) is 0 Å². The predicted molar refractivity (Wildman–Crippen MR) is 75.0 cm³/mol. The number of hydrogen-bond acceptors (Lipinski definition) is 3. The topological polar surface area (TPSA) is 66.4 Å². The van der Waals surface area contributed by atoms with Crippen molar-refractivity contribution in [2.75, 3.05) is 4.72 Å². The highest BCUT2D eigenvalue weighted by Gasteiger charge is 2.14. The summed E-state index contributed by atoms with van der Waals surface area (Å²) in [6, 6.07) is 3.03. The standard InChI is InChI=1S/C12H18ClNO3S/c1-3-4-5-8(2)10-6-9(14-18(16)17)7-11(13)12(10)15/h6-8,15,18H,3-5H2,1-2H3,(H,14,16,17). The number of nitrogens with one attached hydrogen (secondary N) is 1. The van der Waals surface area contributed by atoms with Crippen LogP contribution in [0.2, 0.25) is 5.02 Å². The molecule has 0 spiro atoms. The number of benzene rings is 1. The average Bonchev–Trinajstić information content (AvgIpc) is 2.29. The Morgan fingerprint density at radius 2 is 2.11 bits per heavy atom. The summed E-state index contributed by atoms with van der Waals surface area (Å²) in [5.41, 5.74) is 1.06. The monoisotopic (exact) mass is 291 g/mol. The molecule has 1 aromatic carbocycles. The molecule has 4 nitrogen and oxygen atoms in total. The molecular formula is C12H18ClNO3S. The number of rotatable bonds is 6. The Kier molecular flexibility index (Phi) is 5.75. The summed E-state index contributed by atoms with van der Waals surface area (Å²) in [4.78, 5) is 0. The molecule has 1 rings (SSSR count). The van der Waals surface area contributed by atoms with Crippen LogP contribution in [0.1, 0.15) is 44.6 Å². The molecule has 102 valence electrons. The Balaban J connectivity index is 3.05. The van der Waals surface area contributed by atoms with E-state index in [2.05, 4.69) is 11.6 Å². The molecule has 0 aromatic heterocycles. The Hall–Kier alpha value is -0.940. The molecular weight excluding hydrogens is 274 g/mol. The number of hydrogen-bond donors (Lipinski definition) is 3. The first-order valence-corrected chi connectivity index (χ1v) is 7.44. The fraction of sp³-hybridized carbons (Fsp3) is 0.500. The molecule has 0 fully saturated rings. The molecule has 2 N–H and O–H groups in total. The van der Waals surface area contributed by atoms with E-state index >= 15 is 0 Å². The van der Waals surface area contributed by atoms with Crippen LogP contribution < -0.4 is 4.72 Å². The summed E-state index contributed by atoms with van der Waals surface area (Å²) in [5.74, 6) is 0.167. The number of anilines is 1. The van der Waals surface area contributed by atoms with E-state index < -0.39 is 10.9 Å². The van der Waals surface area contributed by atoms with Gasteiger partial charge in [-0.3, -0.25) is 4.72 Å². The van der Waals surface area contributed by atoms with E-state index in [4.69, 9.17) is 11.6 Å². The average molecular weight is 292 g/mol. The van der Waals surface area contributed by atoms with Gasteiger partial charge in [0.2, 0.25) is 10.9 Å². The van der Waals surface area contributed by atoms with Crippen molar-refractivity contribution in [1.29, 1.82) is 0 Å². The maximum absolute atomic E-state index is 10.6. The van der Waals surface area contributed by atoms with Crippen molar-refractivity contribution in [1.82, 2.24) is 0 Å². The van der Waals surface area contributed by atoms with E-state index in [1.54, 1.807) is 6.07 Å². The van der Waals surface area contributed by atoms with Gasteiger partial charge in [-0.2, -0.15) is 0 Å². The summed E-state index contributed by atoms with van der Waals surface area (Å²) in [7, 11) is -2.73. The summed E-state index contributed by atoms with van der Waals surface area (Å²) >= 11 is 5.89. The van der Waals surface area contributed by atoms with Crippen LogP contribution in [0.5, 0.6) is 5.75 Å². The van der Waals surface area contributed by atoms with Gasteiger partial charge in [-0.25, -0.2) is 8.42 Å². The first-order chi connectivity index (χ1) is 8.45. The highest BCUT2D eigenvalue weighted by Crippen LogP contribution is 2.37. The summed E-state index contributed by atoms with van der Waals surface area (Å²) in [6.07, 6.45) is 3.04. The minimum Gasteiger partial charge on any atom is -0.506 e. The van der Waals surface area contributed by atoms with Gasteiger partial charge < -0.3 is 5.11 Å². The van der Waals surface area contributed by atoms with Crippen molar-refractivity contribution in [2.24, 2.45) is 0 Å².